The molecule has 1 atom stereocenters. The third kappa shape index (κ3) is 6.17. The van der Waals surface area contributed by atoms with Gasteiger partial charge in [-0.05, 0) is 30.5 Å². The molecule has 2 amide bonds. The van der Waals surface area contributed by atoms with Gasteiger partial charge in [0, 0.05) is 33.0 Å². The molecular formula is C17H26N2O4. The molecule has 1 unspecified atom stereocenters. The van der Waals surface area contributed by atoms with Crippen molar-refractivity contribution in [1.29, 1.82) is 0 Å². The van der Waals surface area contributed by atoms with Gasteiger partial charge >= 0.3 is 6.03 Å². The zero-order valence-electron chi connectivity index (χ0n) is 13.9. The number of hydrogen-bond acceptors (Lipinski definition) is 4. The van der Waals surface area contributed by atoms with Crippen molar-refractivity contribution in [2.24, 2.45) is 0 Å². The lowest BCUT2D eigenvalue weighted by Crippen LogP contribution is -2.37. The van der Waals surface area contributed by atoms with E-state index in [4.69, 9.17) is 14.2 Å². The number of benzene rings is 1. The average Bonchev–Trinajstić information content (AvgIpc) is 3.05. The number of rotatable bonds is 8. The van der Waals surface area contributed by atoms with Crippen molar-refractivity contribution < 1.29 is 19.0 Å². The largest absolute Gasteiger partial charge is 0.382 e. The van der Waals surface area contributed by atoms with Crippen LogP contribution in [0.3, 0.4) is 0 Å². The molecule has 2 rings (SSSR count). The molecule has 1 saturated heterocycles. The Kier molecular flexibility index (Phi) is 7.32. The van der Waals surface area contributed by atoms with Crippen LogP contribution in [0.1, 0.15) is 18.4 Å². The molecule has 0 radical (unpaired) electrons. The number of carbonyl (C=O) groups is 1. The number of likely N-dealkylation sites (N-methyl/N-ethyl adjacent to an activating group) is 1. The summed E-state index contributed by atoms with van der Waals surface area (Å²) < 4.78 is 16.0. The Morgan fingerprint density at radius 1 is 1.43 bits per heavy atom. The Bertz CT molecular complexity index is 489. The molecule has 1 fully saturated rings. The van der Waals surface area contributed by atoms with Gasteiger partial charge in [0.15, 0.2) is 0 Å². The molecule has 1 aromatic rings. The first-order valence-corrected chi connectivity index (χ1v) is 7.98. The number of hydrogen-bond donors (Lipinski definition) is 1. The van der Waals surface area contributed by atoms with Gasteiger partial charge in [-0.3, -0.25) is 0 Å². The topological polar surface area (TPSA) is 60.0 Å². The second kappa shape index (κ2) is 9.50. The van der Waals surface area contributed by atoms with E-state index in [-0.39, 0.29) is 12.1 Å². The summed E-state index contributed by atoms with van der Waals surface area (Å²) in [6, 6.07) is 7.54. The summed E-state index contributed by atoms with van der Waals surface area (Å²) in [7, 11) is 3.43. The Morgan fingerprint density at radius 3 is 3.04 bits per heavy atom. The highest BCUT2D eigenvalue weighted by molar-refractivity contribution is 5.89. The van der Waals surface area contributed by atoms with Gasteiger partial charge in [0.2, 0.25) is 0 Å². The van der Waals surface area contributed by atoms with Crippen LogP contribution < -0.4 is 5.32 Å². The third-order valence-electron chi connectivity index (χ3n) is 3.73. The van der Waals surface area contributed by atoms with Gasteiger partial charge in [-0.2, -0.15) is 0 Å². The summed E-state index contributed by atoms with van der Waals surface area (Å²) in [5.74, 6) is 0. The molecule has 1 heterocycles. The van der Waals surface area contributed by atoms with E-state index in [2.05, 4.69) is 5.32 Å². The Labute approximate surface area is 137 Å². The molecule has 1 aromatic carbocycles. The molecule has 0 aromatic heterocycles. The lowest BCUT2D eigenvalue weighted by atomic mass is 10.2. The monoisotopic (exact) mass is 322 g/mol. The maximum atomic E-state index is 12.2. The van der Waals surface area contributed by atoms with E-state index in [9.17, 15) is 4.79 Å². The van der Waals surface area contributed by atoms with Crippen molar-refractivity contribution in [3.05, 3.63) is 29.8 Å². The zero-order valence-corrected chi connectivity index (χ0v) is 13.9. The smallest absolute Gasteiger partial charge is 0.321 e. The fraction of sp³-hybridized carbons (Fsp3) is 0.588. The van der Waals surface area contributed by atoms with E-state index in [0.29, 0.717) is 26.4 Å². The maximum Gasteiger partial charge on any atom is 0.321 e. The summed E-state index contributed by atoms with van der Waals surface area (Å²) in [5.41, 5.74) is 1.78. The van der Waals surface area contributed by atoms with Crippen LogP contribution in [0.2, 0.25) is 0 Å². The van der Waals surface area contributed by atoms with Crippen LogP contribution in [0.15, 0.2) is 24.3 Å². The molecule has 128 valence electrons. The number of amides is 2. The van der Waals surface area contributed by atoms with E-state index in [1.54, 1.807) is 19.1 Å². The second-order valence-corrected chi connectivity index (χ2v) is 5.69. The first-order valence-electron chi connectivity index (χ1n) is 7.98. The molecule has 23 heavy (non-hydrogen) atoms. The number of anilines is 1. The molecule has 0 spiro atoms. The molecule has 0 saturated carbocycles. The Hall–Kier alpha value is -1.63. The van der Waals surface area contributed by atoms with Crippen molar-refractivity contribution in [1.82, 2.24) is 4.90 Å². The number of nitrogens with zero attached hydrogens (tertiary/aromatic N) is 1. The quantitative estimate of drug-likeness (QED) is 0.747. The summed E-state index contributed by atoms with van der Waals surface area (Å²) in [6.07, 6.45) is 2.25. The Balaban J connectivity index is 1.80. The standard InChI is InChI=1S/C17H26N2O4/c1-19(12-16-7-4-8-23-16)17(20)18-15-6-3-5-14(11-15)13-22-10-9-21-2/h3,5-6,11,16H,4,7-10,12-13H2,1-2H3,(H,18,20). The van der Waals surface area contributed by atoms with E-state index < -0.39 is 0 Å². The van der Waals surface area contributed by atoms with Crippen LogP contribution in [0.25, 0.3) is 0 Å². The molecule has 6 nitrogen and oxygen atoms in total. The van der Waals surface area contributed by atoms with Crippen LogP contribution in [-0.2, 0) is 20.8 Å². The van der Waals surface area contributed by atoms with Crippen LogP contribution >= 0.6 is 0 Å². The predicted molar refractivity (Wildman–Crippen MR) is 88.6 cm³/mol. The van der Waals surface area contributed by atoms with Crippen LogP contribution in [0, 0.1) is 0 Å². The fourth-order valence-electron chi connectivity index (χ4n) is 2.47. The van der Waals surface area contributed by atoms with Crippen molar-refractivity contribution in [3.8, 4) is 0 Å². The van der Waals surface area contributed by atoms with Gasteiger partial charge in [-0.15, -0.1) is 0 Å². The summed E-state index contributed by atoms with van der Waals surface area (Å²) in [5, 5.41) is 2.91. The summed E-state index contributed by atoms with van der Waals surface area (Å²) >= 11 is 0. The zero-order chi connectivity index (χ0) is 16.5. The van der Waals surface area contributed by atoms with Gasteiger partial charge in [-0.1, -0.05) is 12.1 Å². The van der Waals surface area contributed by atoms with Gasteiger partial charge in [-0.25, -0.2) is 4.79 Å². The SMILES string of the molecule is COCCOCc1cccc(NC(=O)N(C)CC2CCCO2)c1. The lowest BCUT2D eigenvalue weighted by molar-refractivity contribution is 0.0617. The molecule has 0 aliphatic carbocycles. The maximum absolute atomic E-state index is 12.2. The van der Waals surface area contributed by atoms with E-state index >= 15 is 0 Å². The number of urea groups is 1. The van der Waals surface area contributed by atoms with Gasteiger partial charge in [0.05, 0.1) is 25.9 Å². The Morgan fingerprint density at radius 2 is 2.30 bits per heavy atom. The van der Waals surface area contributed by atoms with E-state index in [0.717, 1.165) is 30.7 Å². The van der Waals surface area contributed by atoms with Gasteiger partial charge in [0.1, 0.15) is 0 Å². The highest BCUT2D eigenvalue weighted by Crippen LogP contribution is 2.15. The molecule has 1 aliphatic rings. The predicted octanol–water partition coefficient (Wildman–Crippen LogP) is 2.49. The normalized spacial score (nSPS) is 17.2. The van der Waals surface area contributed by atoms with Crippen molar-refractivity contribution in [3.63, 3.8) is 0 Å². The first-order chi connectivity index (χ1) is 11.2. The van der Waals surface area contributed by atoms with Gasteiger partial charge in [0.25, 0.3) is 0 Å². The lowest BCUT2D eigenvalue weighted by Gasteiger charge is -2.21. The first kappa shape index (κ1) is 17.7. The van der Waals surface area contributed by atoms with Crippen molar-refractivity contribution >= 4 is 11.7 Å². The molecular weight excluding hydrogens is 296 g/mol. The minimum absolute atomic E-state index is 0.127. The minimum Gasteiger partial charge on any atom is -0.382 e. The van der Waals surface area contributed by atoms with Crippen LogP contribution in [-0.4, -0.2) is 57.6 Å². The molecule has 1 N–H and O–H groups in total. The van der Waals surface area contributed by atoms with Crippen molar-refractivity contribution in [2.75, 3.05) is 45.8 Å². The van der Waals surface area contributed by atoms with Crippen LogP contribution in [0.4, 0.5) is 10.5 Å². The molecule has 1 aliphatic heterocycles. The third-order valence-corrected chi connectivity index (χ3v) is 3.73. The molecule has 6 heteroatoms. The molecule has 0 bridgehead atoms. The van der Waals surface area contributed by atoms with Crippen LogP contribution in [0.5, 0.6) is 0 Å². The number of ether oxygens (including phenoxy) is 3. The summed E-state index contributed by atoms with van der Waals surface area (Å²) in [4.78, 5) is 13.9. The number of methoxy groups -OCH3 is 1. The fourth-order valence-corrected chi connectivity index (χ4v) is 2.47. The van der Waals surface area contributed by atoms with E-state index in [1.807, 2.05) is 24.3 Å². The number of carbonyl (C=O) groups excluding carboxylic acids is 1. The highest BCUT2D eigenvalue weighted by Gasteiger charge is 2.20. The van der Waals surface area contributed by atoms with Gasteiger partial charge < -0.3 is 24.4 Å². The van der Waals surface area contributed by atoms with E-state index in [1.165, 1.54) is 0 Å². The minimum atomic E-state index is -0.127. The average molecular weight is 322 g/mol. The second-order valence-electron chi connectivity index (χ2n) is 5.69. The number of nitrogens with one attached hydrogen (secondary N) is 1. The van der Waals surface area contributed by atoms with Crippen molar-refractivity contribution in [2.45, 2.75) is 25.6 Å². The highest BCUT2D eigenvalue weighted by atomic mass is 16.5. The summed E-state index contributed by atoms with van der Waals surface area (Å²) in [6.45, 7) is 3.04.